The van der Waals surface area contributed by atoms with Crippen molar-refractivity contribution in [3.63, 3.8) is 0 Å². The Hall–Kier alpha value is -2.78. The third-order valence-electron chi connectivity index (χ3n) is 6.51. The molecule has 4 rings (SSSR count). The number of nitrogens with zero attached hydrogens (tertiary/aromatic N) is 1. The Morgan fingerprint density at radius 3 is 1.97 bits per heavy atom. The minimum Gasteiger partial charge on any atom is -0.485 e. The van der Waals surface area contributed by atoms with Crippen molar-refractivity contribution in [2.45, 2.75) is 65.2 Å². The highest BCUT2D eigenvalue weighted by Gasteiger charge is 2.27. The predicted molar refractivity (Wildman–Crippen MR) is 136 cm³/mol. The highest BCUT2D eigenvalue weighted by atomic mass is 16.5. The normalized spacial score (nSPS) is 15.3. The zero-order valence-corrected chi connectivity index (χ0v) is 20.1. The van der Waals surface area contributed by atoms with Crippen LogP contribution in [0.5, 0.6) is 11.5 Å². The zero-order chi connectivity index (χ0) is 22.9. The quantitative estimate of drug-likeness (QED) is 0.324. The molecule has 1 unspecified atom stereocenters. The molecule has 3 aromatic carbocycles. The van der Waals surface area contributed by atoms with Crippen LogP contribution in [0.3, 0.4) is 0 Å². The van der Waals surface area contributed by atoms with E-state index in [0.717, 1.165) is 24.3 Å². The van der Waals surface area contributed by atoms with Gasteiger partial charge in [0.2, 0.25) is 0 Å². The molecule has 3 nitrogen and oxygen atoms in total. The van der Waals surface area contributed by atoms with Crippen molar-refractivity contribution in [3.05, 3.63) is 95.1 Å². The van der Waals surface area contributed by atoms with Crippen molar-refractivity contribution in [1.82, 2.24) is 4.90 Å². The first-order chi connectivity index (χ1) is 16.3. The monoisotopic (exact) mass is 443 g/mol. The summed E-state index contributed by atoms with van der Waals surface area (Å²) in [4.78, 5) is 2.69. The Balaban J connectivity index is 1.57. The molecule has 0 saturated heterocycles. The van der Waals surface area contributed by atoms with Crippen LogP contribution in [0.25, 0.3) is 0 Å². The average Bonchev–Trinajstić information content (AvgIpc) is 2.87. The van der Waals surface area contributed by atoms with Gasteiger partial charge < -0.3 is 14.4 Å². The van der Waals surface area contributed by atoms with Gasteiger partial charge in [-0.3, -0.25) is 0 Å². The van der Waals surface area contributed by atoms with E-state index in [2.05, 4.69) is 79.4 Å². The first-order valence-corrected chi connectivity index (χ1v) is 12.5. The van der Waals surface area contributed by atoms with Gasteiger partial charge in [-0.15, -0.1) is 0 Å². The Bertz CT molecular complexity index is 981. The minimum atomic E-state index is 0.546. The van der Waals surface area contributed by atoms with Crippen LogP contribution >= 0.6 is 0 Å². The molecule has 3 heteroatoms. The topological polar surface area (TPSA) is 21.7 Å². The molecule has 1 aliphatic carbocycles. The number of hydrogen-bond acceptors (Lipinski definition) is 3. The van der Waals surface area contributed by atoms with E-state index in [1.165, 1.54) is 54.6 Å². The molecule has 3 aromatic rings. The Morgan fingerprint density at radius 1 is 0.758 bits per heavy atom. The van der Waals surface area contributed by atoms with E-state index in [1.54, 1.807) is 0 Å². The first-order valence-electron chi connectivity index (χ1n) is 12.5. The molecule has 174 valence electrons. The van der Waals surface area contributed by atoms with Crippen molar-refractivity contribution >= 4 is 0 Å². The van der Waals surface area contributed by atoms with Gasteiger partial charge in [0.15, 0.2) is 11.5 Å². The molecule has 0 saturated carbocycles. The van der Waals surface area contributed by atoms with Gasteiger partial charge in [0.25, 0.3) is 0 Å². The number of fused-ring (bicyclic) bond motifs is 1. The molecule has 0 aliphatic heterocycles. The second-order valence-electron chi connectivity index (χ2n) is 9.01. The third-order valence-corrected chi connectivity index (χ3v) is 6.51. The summed E-state index contributed by atoms with van der Waals surface area (Å²) < 4.78 is 12.8. The molecular weight excluding hydrogens is 406 g/mol. The lowest BCUT2D eigenvalue weighted by Gasteiger charge is -2.35. The maximum atomic E-state index is 6.46. The summed E-state index contributed by atoms with van der Waals surface area (Å²) in [5, 5.41) is 0. The summed E-state index contributed by atoms with van der Waals surface area (Å²) in [7, 11) is 0. The van der Waals surface area contributed by atoms with Crippen molar-refractivity contribution in [2.24, 2.45) is 0 Å². The Labute approximate surface area is 199 Å². The molecule has 0 N–H and O–H groups in total. The Morgan fingerprint density at radius 2 is 1.36 bits per heavy atom. The molecule has 0 spiro atoms. The second kappa shape index (κ2) is 11.9. The van der Waals surface area contributed by atoms with Gasteiger partial charge in [-0.05, 0) is 68.0 Å². The van der Waals surface area contributed by atoms with Crippen molar-refractivity contribution in [3.8, 4) is 11.5 Å². The fraction of sp³-hybridized carbons (Fsp3) is 0.400. The van der Waals surface area contributed by atoms with Crippen LogP contribution in [0.4, 0.5) is 0 Å². The molecule has 0 amide bonds. The SMILES string of the molecule is CCCN(CCC)C1CCc2c(ccc(OCc3ccccc3)c2OCc2ccccc2)C1. The van der Waals surface area contributed by atoms with Gasteiger partial charge in [-0.2, -0.15) is 0 Å². The third kappa shape index (κ3) is 6.17. The maximum absolute atomic E-state index is 6.46. The van der Waals surface area contributed by atoms with E-state index in [-0.39, 0.29) is 0 Å². The predicted octanol–water partition coefficient (Wildman–Crippen LogP) is 6.82. The summed E-state index contributed by atoms with van der Waals surface area (Å²) in [6.45, 7) is 8.04. The molecular formula is C30H37NO2. The van der Waals surface area contributed by atoms with Crippen LogP contribution in [-0.4, -0.2) is 24.0 Å². The van der Waals surface area contributed by atoms with Crippen LogP contribution < -0.4 is 9.47 Å². The smallest absolute Gasteiger partial charge is 0.165 e. The van der Waals surface area contributed by atoms with Gasteiger partial charge in [0.05, 0.1) is 0 Å². The van der Waals surface area contributed by atoms with E-state index < -0.39 is 0 Å². The molecule has 0 heterocycles. The van der Waals surface area contributed by atoms with Crippen LogP contribution in [-0.2, 0) is 26.1 Å². The van der Waals surface area contributed by atoms with E-state index in [9.17, 15) is 0 Å². The molecule has 0 bridgehead atoms. The van der Waals surface area contributed by atoms with Gasteiger partial charge >= 0.3 is 0 Å². The number of benzene rings is 3. The van der Waals surface area contributed by atoms with Crippen molar-refractivity contribution < 1.29 is 9.47 Å². The van der Waals surface area contributed by atoms with Crippen LogP contribution in [0, 0.1) is 0 Å². The highest BCUT2D eigenvalue weighted by Crippen LogP contribution is 2.39. The molecule has 0 radical (unpaired) electrons. The lowest BCUT2D eigenvalue weighted by atomic mass is 9.86. The first kappa shape index (κ1) is 23.4. The summed E-state index contributed by atoms with van der Waals surface area (Å²) in [6.07, 6.45) is 5.73. The van der Waals surface area contributed by atoms with E-state index in [0.29, 0.717) is 19.3 Å². The maximum Gasteiger partial charge on any atom is 0.165 e. The summed E-state index contributed by atoms with van der Waals surface area (Å²) in [5.74, 6) is 1.79. The highest BCUT2D eigenvalue weighted by molar-refractivity contribution is 5.52. The molecule has 0 aromatic heterocycles. The standard InChI is InChI=1S/C30H37NO2/c1-3-19-31(20-4-2)27-16-17-28-26(21-27)15-18-29(32-22-24-11-7-5-8-12-24)30(28)33-23-25-13-9-6-10-14-25/h5-15,18,27H,3-4,16-17,19-23H2,1-2H3. The molecule has 33 heavy (non-hydrogen) atoms. The molecule has 1 aliphatic rings. The van der Waals surface area contributed by atoms with Crippen LogP contribution in [0.15, 0.2) is 72.8 Å². The molecule has 0 fully saturated rings. The number of rotatable bonds is 11. The van der Waals surface area contributed by atoms with Crippen LogP contribution in [0.2, 0.25) is 0 Å². The van der Waals surface area contributed by atoms with Gasteiger partial charge in [-0.25, -0.2) is 0 Å². The average molecular weight is 444 g/mol. The lowest BCUT2D eigenvalue weighted by molar-refractivity contribution is 0.178. The largest absolute Gasteiger partial charge is 0.485 e. The number of ether oxygens (including phenoxy) is 2. The van der Waals surface area contributed by atoms with Crippen molar-refractivity contribution in [1.29, 1.82) is 0 Å². The van der Waals surface area contributed by atoms with E-state index in [1.807, 2.05) is 12.1 Å². The fourth-order valence-corrected chi connectivity index (χ4v) is 4.88. The van der Waals surface area contributed by atoms with Gasteiger partial charge in [0.1, 0.15) is 13.2 Å². The van der Waals surface area contributed by atoms with E-state index >= 15 is 0 Å². The second-order valence-corrected chi connectivity index (χ2v) is 9.01. The van der Waals surface area contributed by atoms with Gasteiger partial charge in [0, 0.05) is 11.6 Å². The van der Waals surface area contributed by atoms with Crippen molar-refractivity contribution in [2.75, 3.05) is 13.1 Å². The molecule has 1 atom stereocenters. The Kier molecular flexibility index (Phi) is 8.43. The fourth-order valence-electron chi connectivity index (χ4n) is 4.88. The zero-order valence-electron chi connectivity index (χ0n) is 20.1. The lowest BCUT2D eigenvalue weighted by Crippen LogP contribution is -2.40. The summed E-state index contributed by atoms with van der Waals surface area (Å²) in [5.41, 5.74) is 5.09. The summed E-state index contributed by atoms with van der Waals surface area (Å²) in [6, 6.07) is 25.7. The van der Waals surface area contributed by atoms with Gasteiger partial charge in [-0.1, -0.05) is 80.6 Å². The van der Waals surface area contributed by atoms with E-state index in [4.69, 9.17) is 9.47 Å². The number of hydrogen-bond donors (Lipinski definition) is 0. The summed E-state index contributed by atoms with van der Waals surface area (Å²) >= 11 is 0. The minimum absolute atomic E-state index is 0.546. The van der Waals surface area contributed by atoms with Crippen LogP contribution in [0.1, 0.15) is 55.4 Å².